The highest BCUT2D eigenvalue weighted by Gasteiger charge is 2.23. The van der Waals surface area contributed by atoms with Crippen molar-refractivity contribution in [2.24, 2.45) is 5.92 Å². The number of carbonyl (C=O) groups excluding carboxylic acids is 1. The van der Waals surface area contributed by atoms with E-state index >= 15 is 0 Å². The molecule has 1 amide bonds. The molecular weight excluding hydrogens is 342 g/mol. The van der Waals surface area contributed by atoms with E-state index in [1.165, 1.54) is 22.2 Å². The summed E-state index contributed by atoms with van der Waals surface area (Å²) in [6.45, 7) is 6.26. The largest absolute Gasteiger partial charge is 0.353 e. The molecule has 2 atom stereocenters. The Morgan fingerprint density at radius 2 is 2.33 bits per heavy atom. The highest BCUT2D eigenvalue weighted by Crippen LogP contribution is 2.36. The molecule has 0 aromatic carbocycles. The van der Waals surface area contributed by atoms with Crippen LogP contribution in [0.25, 0.3) is 10.2 Å². The Hall–Kier alpha value is -1.34. The maximum Gasteiger partial charge on any atom is 0.260 e. The Morgan fingerprint density at radius 1 is 1.54 bits per heavy atom. The molecule has 0 saturated heterocycles. The van der Waals surface area contributed by atoms with Crippen molar-refractivity contribution in [2.45, 2.75) is 57.7 Å². The number of aryl methyl sites for hydroxylation is 1. The minimum absolute atomic E-state index is 0.0311. The van der Waals surface area contributed by atoms with E-state index in [4.69, 9.17) is 0 Å². The number of fused-ring (bicyclic) bond motifs is 3. The first kappa shape index (κ1) is 17.5. The van der Waals surface area contributed by atoms with E-state index in [2.05, 4.69) is 22.2 Å². The van der Waals surface area contributed by atoms with Crippen LogP contribution >= 0.6 is 23.1 Å². The maximum absolute atomic E-state index is 12.5. The Kier molecular flexibility index (Phi) is 5.30. The number of thiophene rings is 1. The average Bonchev–Trinajstić information content (AvgIpc) is 2.90. The summed E-state index contributed by atoms with van der Waals surface area (Å²) < 4.78 is 0. The summed E-state index contributed by atoms with van der Waals surface area (Å²) in [6.07, 6.45) is 4.03. The van der Waals surface area contributed by atoms with E-state index in [9.17, 15) is 9.59 Å². The molecule has 0 bridgehead atoms. The second-order valence-corrected chi connectivity index (χ2v) is 8.62. The summed E-state index contributed by atoms with van der Waals surface area (Å²) in [6, 6.07) is 0.165. The van der Waals surface area contributed by atoms with Crippen LogP contribution in [0.2, 0.25) is 0 Å². The molecule has 0 aliphatic heterocycles. The number of amides is 1. The van der Waals surface area contributed by atoms with Crippen LogP contribution in [0.3, 0.4) is 0 Å². The standard InChI is InChI=1S/C17H23N3O2S2/c1-4-10(3)18-13(21)8-23-17-19-15(22)14-11-6-5-9(2)7-12(11)24-16(14)20-17/h9-10H,4-8H2,1-3H3,(H,18,21)(H,19,20,22)/t9-,10-/m1/s1. The number of nitrogens with zero attached hydrogens (tertiary/aromatic N) is 1. The third-order valence-corrected chi connectivity index (χ3v) is 6.52. The molecule has 2 heterocycles. The first-order valence-corrected chi connectivity index (χ1v) is 10.2. The molecule has 0 unspecified atom stereocenters. The topological polar surface area (TPSA) is 74.8 Å². The predicted octanol–water partition coefficient (Wildman–Crippen LogP) is 3.12. The Balaban J connectivity index is 1.79. The summed E-state index contributed by atoms with van der Waals surface area (Å²) in [5.74, 6) is 0.903. The van der Waals surface area contributed by atoms with Gasteiger partial charge in [-0.2, -0.15) is 0 Å². The van der Waals surface area contributed by atoms with Crippen molar-refractivity contribution in [3.8, 4) is 0 Å². The van der Waals surface area contributed by atoms with Crippen LogP contribution < -0.4 is 10.9 Å². The van der Waals surface area contributed by atoms with Gasteiger partial charge < -0.3 is 10.3 Å². The van der Waals surface area contributed by atoms with Crippen LogP contribution in [0.15, 0.2) is 9.95 Å². The van der Waals surface area contributed by atoms with E-state index in [1.807, 2.05) is 13.8 Å². The molecule has 5 nitrogen and oxygen atoms in total. The summed E-state index contributed by atoms with van der Waals surface area (Å²) in [4.78, 5) is 33.9. The third kappa shape index (κ3) is 3.67. The molecule has 1 aliphatic carbocycles. The van der Waals surface area contributed by atoms with Gasteiger partial charge in [-0.05, 0) is 44.1 Å². The summed E-state index contributed by atoms with van der Waals surface area (Å²) in [5.41, 5.74) is 1.12. The SMILES string of the molecule is CC[C@@H](C)NC(=O)CSc1nc2sc3c(c2c(=O)[nH]1)CC[C@@H](C)C3. The second-order valence-electron chi connectivity index (χ2n) is 6.57. The van der Waals surface area contributed by atoms with Crippen molar-refractivity contribution in [2.75, 3.05) is 5.75 Å². The minimum atomic E-state index is -0.0723. The molecular formula is C17H23N3O2S2. The summed E-state index contributed by atoms with van der Waals surface area (Å²) in [7, 11) is 0. The van der Waals surface area contributed by atoms with Gasteiger partial charge in [-0.3, -0.25) is 9.59 Å². The van der Waals surface area contributed by atoms with Gasteiger partial charge in [-0.25, -0.2) is 4.98 Å². The number of aromatic nitrogens is 2. The lowest BCUT2D eigenvalue weighted by Gasteiger charge is -2.17. The average molecular weight is 366 g/mol. The molecule has 2 N–H and O–H groups in total. The van der Waals surface area contributed by atoms with Gasteiger partial charge in [0.25, 0.3) is 5.56 Å². The van der Waals surface area contributed by atoms with Gasteiger partial charge in [0.15, 0.2) is 5.16 Å². The number of H-pyrrole nitrogens is 1. The van der Waals surface area contributed by atoms with Crippen LogP contribution in [0.1, 0.15) is 44.1 Å². The van der Waals surface area contributed by atoms with E-state index in [-0.39, 0.29) is 23.3 Å². The van der Waals surface area contributed by atoms with Crippen LogP contribution in [-0.4, -0.2) is 27.7 Å². The molecule has 7 heteroatoms. The zero-order valence-corrected chi connectivity index (χ0v) is 15.9. The van der Waals surface area contributed by atoms with E-state index < -0.39 is 0 Å². The number of thioether (sulfide) groups is 1. The number of hydrogen-bond acceptors (Lipinski definition) is 5. The first-order chi connectivity index (χ1) is 11.5. The number of carbonyl (C=O) groups is 1. The normalized spacial score (nSPS) is 18.4. The van der Waals surface area contributed by atoms with E-state index in [0.717, 1.165) is 35.9 Å². The van der Waals surface area contributed by atoms with E-state index in [0.29, 0.717) is 11.1 Å². The fraction of sp³-hybridized carbons (Fsp3) is 0.588. The number of nitrogens with one attached hydrogen (secondary N) is 2. The molecule has 2 aromatic heterocycles. The van der Waals surface area contributed by atoms with Crippen LogP contribution in [0.5, 0.6) is 0 Å². The van der Waals surface area contributed by atoms with Gasteiger partial charge in [-0.1, -0.05) is 25.6 Å². The summed E-state index contributed by atoms with van der Waals surface area (Å²) >= 11 is 2.92. The van der Waals surface area contributed by atoms with Crippen molar-refractivity contribution in [3.05, 3.63) is 20.8 Å². The lowest BCUT2D eigenvalue weighted by atomic mass is 9.89. The first-order valence-electron chi connectivity index (χ1n) is 8.44. The van der Waals surface area contributed by atoms with E-state index in [1.54, 1.807) is 11.3 Å². The summed E-state index contributed by atoms with van der Waals surface area (Å²) in [5, 5.41) is 4.21. The lowest BCUT2D eigenvalue weighted by Crippen LogP contribution is -2.33. The van der Waals surface area contributed by atoms with Gasteiger partial charge in [-0.15, -0.1) is 11.3 Å². The number of rotatable bonds is 5. The van der Waals surface area contributed by atoms with Gasteiger partial charge >= 0.3 is 0 Å². The van der Waals surface area contributed by atoms with Gasteiger partial charge in [0.1, 0.15) is 4.83 Å². The maximum atomic E-state index is 12.5. The fourth-order valence-corrected chi connectivity index (χ4v) is 5.06. The molecule has 0 radical (unpaired) electrons. The van der Waals surface area contributed by atoms with Gasteiger partial charge in [0, 0.05) is 10.9 Å². The van der Waals surface area contributed by atoms with Crippen molar-refractivity contribution >= 4 is 39.2 Å². The highest BCUT2D eigenvalue weighted by molar-refractivity contribution is 7.99. The van der Waals surface area contributed by atoms with Crippen molar-refractivity contribution in [3.63, 3.8) is 0 Å². The molecule has 0 fully saturated rings. The van der Waals surface area contributed by atoms with Crippen LogP contribution in [0, 0.1) is 5.92 Å². The van der Waals surface area contributed by atoms with Crippen molar-refractivity contribution in [1.29, 1.82) is 0 Å². The molecule has 3 rings (SSSR count). The van der Waals surface area contributed by atoms with Crippen LogP contribution in [0.4, 0.5) is 0 Å². The molecule has 0 saturated carbocycles. The molecule has 130 valence electrons. The number of aromatic amines is 1. The zero-order chi connectivity index (χ0) is 17.3. The van der Waals surface area contributed by atoms with Gasteiger partial charge in [0.2, 0.25) is 5.91 Å². The lowest BCUT2D eigenvalue weighted by molar-refractivity contribution is -0.119. The fourth-order valence-electron chi connectivity index (χ4n) is 2.95. The van der Waals surface area contributed by atoms with Crippen LogP contribution in [-0.2, 0) is 17.6 Å². The molecule has 0 spiro atoms. The Bertz CT molecular complexity index is 812. The zero-order valence-electron chi connectivity index (χ0n) is 14.3. The Labute approximate surface area is 149 Å². The predicted molar refractivity (Wildman–Crippen MR) is 100 cm³/mol. The molecule has 1 aliphatic rings. The van der Waals surface area contributed by atoms with Crippen molar-refractivity contribution < 1.29 is 4.79 Å². The second kappa shape index (κ2) is 7.27. The quantitative estimate of drug-likeness (QED) is 0.631. The Morgan fingerprint density at radius 3 is 3.08 bits per heavy atom. The monoisotopic (exact) mass is 365 g/mol. The van der Waals surface area contributed by atoms with Gasteiger partial charge in [0.05, 0.1) is 11.1 Å². The van der Waals surface area contributed by atoms with Crippen molar-refractivity contribution in [1.82, 2.24) is 15.3 Å². The molecule has 24 heavy (non-hydrogen) atoms. The number of hydrogen-bond donors (Lipinski definition) is 2. The molecule has 2 aromatic rings. The third-order valence-electron chi connectivity index (χ3n) is 4.50. The minimum Gasteiger partial charge on any atom is -0.353 e. The highest BCUT2D eigenvalue weighted by atomic mass is 32.2. The smallest absolute Gasteiger partial charge is 0.260 e.